The van der Waals surface area contributed by atoms with Gasteiger partial charge >= 0.3 is 5.97 Å². The lowest BCUT2D eigenvalue weighted by Crippen LogP contribution is -2.49. The molecule has 0 aromatic carbocycles. The fourth-order valence-corrected chi connectivity index (χ4v) is 1.31. The van der Waals surface area contributed by atoms with Gasteiger partial charge in [-0.2, -0.15) is 0 Å². The van der Waals surface area contributed by atoms with Crippen LogP contribution >= 0.6 is 0 Å². The van der Waals surface area contributed by atoms with E-state index in [1.54, 1.807) is 20.8 Å². The van der Waals surface area contributed by atoms with Crippen LogP contribution in [0.1, 0.15) is 33.6 Å². The van der Waals surface area contributed by atoms with Gasteiger partial charge in [-0.1, -0.05) is 20.8 Å². The number of carbonyl (C=O) groups excluding carboxylic acids is 1. The molecule has 0 aliphatic heterocycles. The van der Waals surface area contributed by atoms with Crippen LogP contribution in [0.2, 0.25) is 0 Å². The van der Waals surface area contributed by atoms with Crippen molar-refractivity contribution in [1.82, 2.24) is 10.6 Å². The van der Waals surface area contributed by atoms with Crippen LogP contribution in [0, 0.1) is 5.41 Å². The minimum atomic E-state index is -0.991. The highest BCUT2D eigenvalue weighted by Crippen LogP contribution is 2.19. The summed E-state index contributed by atoms with van der Waals surface area (Å²) in [4.78, 5) is 22.5. The number of nitrogens with one attached hydrogen (secondary N) is 2. The third-order valence-electron chi connectivity index (χ3n) is 2.25. The topological polar surface area (TPSA) is 78.4 Å². The molecule has 5 nitrogen and oxygen atoms in total. The second-order valence-electron chi connectivity index (χ2n) is 4.91. The van der Waals surface area contributed by atoms with Crippen molar-refractivity contribution < 1.29 is 14.7 Å². The molecule has 0 saturated carbocycles. The quantitative estimate of drug-likeness (QED) is 0.584. The fourth-order valence-electron chi connectivity index (χ4n) is 1.31. The van der Waals surface area contributed by atoms with Gasteiger partial charge in [0.1, 0.15) is 6.04 Å². The predicted octanol–water partition coefficient (Wildman–Crippen LogP) is 0.601. The molecule has 0 aliphatic carbocycles. The van der Waals surface area contributed by atoms with E-state index in [9.17, 15) is 9.59 Å². The standard InChI is InChI=1S/C11H22N2O3/c1-11(2,3)9(10(15)16)13-8(14)6-5-7-12-4/h9,12H,5-7H2,1-4H3,(H,13,14)(H,15,16). The summed E-state index contributed by atoms with van der Waals surface area (Å²) in [6.07, 6.45) is 1.06. The molecule has 0 bridgehead atoms. The normalized spacial score (nSPS) is 13.2. The Labute approximate surface area is 96.6 Å². The van der Waals surface area contributed by atoms with Gasteiger partial charge in [-0.3, -0.25) is 4.79 Å². The number of amides is 1. The lowest BCUT2D eigenvalue weighted by molar-refractivity contribution is -0.144. The first-order valence-corrected chi connectivity index (χ1v) is 5.45. The molecule has 0 aromatic rings. The van der Waals surface area contributed by atoms with E-state index in [0.717, 1.165) is 6.54 Å². The number of hydrogen-bond donors (Lipinski definition) is 3. The number of rotatable bonds is 6. The number of carboxylic acids is 1. The molecule has 3 N–H and O–H groups in total. The molecule has 0 spiro atoms. The van der Waals surface area contributed by atoms with Gasteiger partial charge in [-0.05, 0) is 25.4 Å². The third kappa shape index (κ3) is 5.70. The summed E-state index contributed by atoms with van der Waals surface area (Å²) in [6, 6.07) is -0.838. The van der Waals surface area contributed by atoms with E-state index in [-0.39, 0.29) is 5.91 Å². The van der Waals surface area contributed by atoms with Crippen LogP contribution in [-0.4, -0.2) is 36.6 Å². The van der Waals surface area contributed by atoms with Gasteiger partial charge in [-0.25, -0.2) is 4.79 Å². The van der Waals surface area contributed by atoms with Crippen molar-refractivity contribution >= 4 is 11.9 Å². The van der Waals surface area contributed by atoms with Gasteiger partial charge in [0.05, 0.1) is 0 Å². The molecule has 0 fully saturated rings. The minimum Gasteiger partial charge on any atom is -0.480 e. The second kappa shape index (κ2) is 6.48. The summed E-state index contributed by atoms with van der Waals surface area (Å²) in [6.45, 7) is 6.12. The highest BCUT2D eigenvalue weighted by Gasteiger charge is 2.32. The Balaban J connectivity index is 4.21. The lowest BCUT2D eigenvalue weighted by Gasteiger charge is -2.27. The van der Waals surface area contributed by atoms with E-state index in [2.05, 4.69) is 10.6 Å². The first-order chi connectivity index (χ1) is 7.29. The van der Waals surface area contributed by atoms with E-state index >= 15 is 0 Å². The number of hydrogen-bond acceptors (Lipinski definition) is 3. The Hall–Kier alpha value is -1.10. The maximum absolute atomic E-state index is 11.5. The molecule has 1 atom stereocenters. The lowest BCUT2D eigenvalue weighted by atomic mass is 9.86. The first kappa shape index (κ1) is 14.9. The zero-order chi connectivity index (χ0) is 12.8. The minimum absolute atomic E-state index is 0.211. The van der Waals surface area contributed by atoms with Crippen LogP contribution in [0.15, 0.2) is 0 Å². The molecule has 0 radical (unpaired) electrons. The monoisotopic (exact) mass is 230 g/mol. The molecule has 0 aliphatic rings. The number of carbonyl (C=O) groups is 2. The second-order valence-corrected chi connectivity index (χ2v) is 4.91. The van der Waals surface area contributed by atoms with Gasteiger partial charge in [-0.15, -0.1) is 0 Å². The Morgan fingerprint density at radius 3 is 2.25 bits per heavy atom. The smallest absolute Gasteiger partial charge is 0.326 e. The Bertz CT molecular complexity index is 246. The van der Waals surface area contributed by atoms with Crippen LogP contribution in [0.25, 0.3) is 0 Å². The molecule has 0 saturated heterocycles. The molecule has 94 valence electrons. The largest absolute Gasteiger partial charge is 0.480 e. The highest BCUT2D eigenvalue weighted by molar-refractivity contribution is 5.84. The van der Waals surface area contributed by atoms with Crippen molar-refractivity contribution in [2.24, 2.45) is 5.41 Å². The van der Waals surface area contributed by atoms with E-state index in [0.29, 0.717) is 12.8 Å². The fraction of sp³-hybridized carbons (Fsp3) is 0.818. The summed E-state index contributed by atoms with van der Waals surface area (Å²) in [5, 5.41) is 14.5. The zero-order valence-corrected chi connectivity index (χ0v) is 10.5. The molecule has 1 unspecified atom stereocenters. The summed E-state index contributed by atoms with van der Waals surface area (Å²) in [7, 11) is 1.81. The van der Waals surface area contributed by atoms with Crippen molar-refractivity contribution in [3.05, 3.63) is 0 Å². The average Bonchev–Trinajstić information content (AvgIpc) is 2.12. The van der Waals surface area contributed by atoms with Crippen LogP contribution in [0.4, 0.5) is 0 Å². The Kier molecular flexibility index (Phi) is 6.03. The SMILES string of the molecule is CNCCCC(=O)NC(C(=O)O)C(C)(C)C. The zero-order valence-electron chi connectivity index (χ0n) is 10.5. The molecule has 0 aromatic heterocycles. The van der Waals surface area contributed by atoms with Gasteiger partial charge in [0, 0.05) is 6.42 Å². The van der Waals surface area contributed by atoms with Crippen molar-refractivity contribution in [1.29, 1.82) is 0 Å². The van der Waals surface area contributed by atoms with Gasteiger partial charge in [0.2, 0.25) is 5.91 Å². The van der Waals surface area contributed by atoms with E-state index in [4.69, 9.17) is 5.11 Å². The average molecular weight is 230 g/mol. The number of carboxylic acid groups (broad SMARTS) is 1. The molecule has 0 rings (SSSR count). The molecular formula is C11H22N2O3. The third-order valence-corrected chi connectivity index (χ3v) is 2.25. The van der Waals surface area contributed by atoms with E-state index in [1.165, 1.54) is 0 Å². The summed E-state index contributed by atoms with van der Waals surface area (Å²) in [5.74, 6) is -1.20. The maximum atomic E-state index is 11.5. The number of aliphatic carboxylic acids is 1. The molecular weight excluding hydrogens is 208 g/mol. The van der Waals surface area contributed by atoms with Crippen LogP contribution in [0.5, 0.6) is 0 Å². The summed E-state index contributed by atoms with van der Waals surface area (Å²) < 4.78 is 0. The first-order valence-electron chi connectivity index (χ1n) is 5.45. The maximum Gasteiger partial charge on any atom is 0.326 e. The van der Waals surface area contributed by atoms with Crippen LogP contribution in [0.3, 0.4) is 0 Å². The van der Waals surface area contributed by atoms with Gasteiger partial charge < -0.3 is 15.7 Å². The van der Waals surface area contributed by atoms with E-state index in [1.807, 2.05) is 7.05 Å². The molecule has 5 heteroatoms. The van der Waals surface area contributed by atoms with E-state index < -0.39 is 17.4 Å². The van der Waals surface area contributed by atoms with Gasteiger partial charge in [0.25, 0.3) is 0 Å². The molecule has 16 heavy (non-hydrogen) atoms. The predicted molar refractivity (Wildman–Crippen MR) is 62.2 cm³/mol. The summed E-state index contributed by atoms with van der Waals surface area (Å²) >= 11 is 0. The van der Waals surface area contributed by atoms with Gasteiger partial charge in [0.15, 0.2) is 0 Å². The van der Waals surface area contributed by atoms with Crippen LogP contribution in [-0.2, 0) is 9.59 Å². The Morgan fingerprint density at radius 1 is 1.31 bits per heavy atom. The molecule has 0 heterocycles. The van der Waals surface area contributed by atoms with Crippen LogP contribution < -0.4 is 10.6 Å². The van der Waals surface area contributed by atoms with Crippen molar-refractivity contribution in [3.8, 4) is 0 Å². The highest BCUT2D eigenvalue weighted by atomic mass is 16.4. The van der Waals surface area contributed by atoms with Crippen molar-refractivity contribution in [3.63, 3.8) is 0 Å². The summed E-state index contributed by atoms with van der Waals surface area (Å²) in [5.41, 5.74) is -0.482. The Morgan fingerprint density at radius 2 is 1.88 bits per heavy atom. The van der Waals surface area contributed by atoms with Crippen molar-refractivity contribution in [2.45, 2.75) is 39.7 Å². The van der Waals surface area contributed by atoms with Crippen molar-refractivity contribution in [2.75, 3.05) is 13.6 Å². The molecule has 1 amide bonds.